The van der Waals surface area contributed by atoms with E-state index < -0.39 is 22.4 Å². The molecular weight excluding hydrogens is 304 g/mol. The molecule has 4 heteroatoms. The van der Waals surface area contributed by atoms with E-state index in [0.29, 0.717) is 31.3 Å². The predicted molar refractivity (Wildman–Crippen MR) is 89.3 cm³/mol. The molecule has 3 saturated carbocycles. The lowest BCUT2D eigenvalue weighted by molar-refractivity contribution is -0.162. The van der Waals surface area contributed by atoms with Gasteiger partial charge in [0.15, 0.2) is 5.78 Å². The van der Waals surface area contributed by atoms with Crippen molar-refractivity contribution in [1.29, 1.82) is 0 Å². The van der Waals surface area contributed by atoms with Gasteiger partial charge in [0.25, 0.3) is 0 Å². The van der Waals surface area contributed by atoms with Gasteiger partial charge < -0.3 is 10.2 Å². The molecule has 130 valence electrons. The summed E-state index contributed by atoms with van der Waals surface area (Å²) >= 11 is 0. The van der Waals surface area contributed by atoms with Crippen LogP contribution in [-0.2, 0) is 9.59 Å². The number of aliphatic hydroxyl groups is 1. The maximum absolute atomic E-state index is 13.0. The van der Waals surface area contributed by atoms with E-state index in [1.54, 1.807) is 0 Å². The van der Waals surface area contributed by atoms with E-state index in [0.717, 1.165) is 24.8 Å². The average Bonchev–Trinajstić information content (AvgIpc) is 2.64. The first kappa shape index (κ1) is 16.1. The monoisotopic (exact) mass is 330 g/mol. The van der Waals surface area contributed by atoms with Gasteiger partial charge in [-0.1, -0.05) is 31.6 Å². The van der Waals surface area contributed by atoms with Crippen LogP contribution < -0.4 is 0 Å². The van der Waals surface area contributed by atoms with E-state index in [-0.39, 0.29) is 17.1 Å². The maximum atomic E-state index is 13.0. The second-order valence-corrected chi connectivity index (χ2v) is 9.00. The zero-order valence-electron chi connectivity index (χ0n) is 14.5. The van der Waals surface area contributed by atoms with Gasteiger partial charge >= 0.3 is 5.97 Å². The number of ketones is 1. The fourth-order valence-corrected chi connectivity index (χ4v) is 6.66. The van der Waals surface area contributed by atoms with Crippen molar-refractivity contribution in [3.05, 3.63) is 23.8 Å². The standard InChI is InChI=1S/C20H26O4/c1-12-15(21)19-9-5-13-17(2,7-4-8-18(13,3)16(22)23)14(19)6-10-20(12,24)11-19/h6,13,24H,1,4-5,7-11H2,2-3H3,(H,22,23)/t13-,17+,18+,19+,20-/m1/s1. The fourth-order valence-electron chi connectivity index (χ4n) is 6.66. The molecule has 4 rings (SSSR count). The first-order valence-corrected chi connectivity index (χ1v) is 9.01. The molecule has 4 aliphatic rings. The van der Waals surface area contributed by atoms with Crippen molar-refractivity contribution in [2.24, 2.45) is 22.2 Å². The molecule has 0 unspecified atom stereocenters. The fraction of sp³-hybridized carbons (Fsp3) is 0.700. The number of hydrogen-bond donors (Lipinski definition) is 2. The summed E-state index contributed by atoms with van der Waals surface area (Å²) in [7, 11) is 0. The molecule has 0 amide bonds. The van der Waals surface area contributed by atoms with Crippen molar-refractivity contribution in [3.63, 3.8) is 0 Å². The van der Waals surface area contributed by atoms with Crippen molar-refractivity contribution in [3.8, 4) is 0 Å². The first-order chi connectivity index (χ1) is 11.1. The van der Waals surface area contributed by atoms with Gasteiger partial charge in [0.1, 0.15) is 0 Å². The Kier molecular flexibility index (Phi) is 2.95. The molecule has 4 aliphatic carbocycles. The molecule has 0 aliphatic heterocycles. The van der Waals surface area contributed by atoms with Gasteiger partial charge in [-0.3, -0.25) is 9.59 Å². The number of carboxylic acid groups (broad SMARTS) is 1. The number of carboxylic acids is 1. The van der Waals surface area contributed by atoms with Gasteiger partial charge in [-0.15, -0.1) is 0 Å². The van der Waals surface area contributed by atoms with E-state index >= 15 is 0 Å². The zero-order valence-corrected chi connectivity index (χ0v) is 14.5. The lowest BCUT2D eigenvalue weighted by Gasteiger charge is -2.59. The van der Waals surface area contributed by atoms with Crippen LogP contribution in [0.15, 0.2) is 23.8 Å². The van der Waals surface area contributed by atoms with Crippen molar-refractivity contribution in [2.45, 2.75) is 64.4 Å². The zero-order chi connectivity index (χ0) is 17.5. The number of aliphatic carboxylic acids is 1. The molecule has 5 atom stereocenters. The predicted octanol–water partition coefficient (Wildman–Crippen LogP) is 3.25. The van der Waals surface area contributed by atoms with Crippen LogP contribution in [-0.4, -0.2) is 27.6 Å². The summed E-state index contributed by atoms with van der Waals surface area (Å²) in [5.74, 6) is -0.679. The smallest absolute Gasteiger partial charge is 0.309 e. The topological polar surface area (TPSA) is 74.6 Å². The minimum absolute atomic E-state index is 0.00368. The number of carbonyl (C=O) groups is 2. The van der Waals surface area contributed by atoms with Crippen LogP contribution in [0.2, 0.25) is 0 Å². The Morgan fingerprint density at radius 3 is 2.67 bits per heavy atom. The summed E-state index contributed by atoms with van der Waals surface area (Å²) in [5, 5.41) is 20.7. The van der Waals surface area contributed by atoms with Crippen LogP contribution in [0.3, 0.4) is 0 Å². The van der Waals surface area contributed by atoms with Crippen molar-refractivity contribution < 1.29 is 19.8 Å². The molecule has 0 aromatic carbocycles. The highest BCUT2D eigenvalue weighted by atomic mass is 16.4. The third-order valence-corrected chi connectivity index (χ3v) is 7.92. The summed E-state index contributed by atoms with van der Waals surface area (Å²) < 4.78 is 0. The number of rotatable bonds is 1. The molecule has 1 spiro atoms. The van der Waals surface area contributed by atoms with E-state index in [2.05, 4.69) is 19.6 Å². The maximum Gasteiger partial charge on any atom is 0.309 e. The molecule has 0 heterocycles. The highest BCUT2D eigenvalue weighted by Crippen LogP contribution is 2.70. The van der Waals surface area contributed by atoms with Gasteiger partial charge in [-0.05, 0) is 56.8 Å². The van der Waals surface area contributed by atoms with Gasteiger partial charge in [0, 0.05) is 5.57 Å². The molecule has 0 radical (unpaired) electrons. The average molecular weight is 330 g/mol. The molecule has 2 N–H and O–H groups in total. The molecule has 24 heavy (non-hydrogen) atoms. The van der Waals surface area contributed by atoms with E-state index in [9.17, 15) is 19.8 Å². The lowest BCUT2D eigenvalue weighted by atomic mass is 9.43. The van der Waals surface area contributed by atoms with Crippen molar-refractivity contribution >= 4 is 11.8 Å². The van der Waals surface area contributed by atoms with Crippen LogP contribution in [0.5, 0.6) is 0 Å². The molecule has 4 nitrogen and oxygen atoms in total. The SMILES string of the molecule is C=C1C(=O)[C@]23CC[C@H]4[C@@](C)(C(=O)O)CCC[C@]4(C)C2=CC[C@@]1(O)C3. The summed E-state index contributed by atoms with van der Waals surface area (Å²) in [6.07, 6.45) is 6.78. The van der Waals surface area contributed by atoms with E-state index in [1.165, 1.54) is 0 Å². The Labute approximate surface area is 142 Å². The Hall–Kier alpha value is -1.42. The summed E-state index contributed by atoms with van der Waals surface area (Å²) in [6.45, 7) is 7.93. The normalized spacial score (nSPS) is 50.1. The molecule has 3 fully saturated rings. The van der Waals surface area contributed by atoms with Gasteiger partial charge in [-0.25, -0.2) is 0 Å². The minimum Gasteiger partial charge on any atom is -0.481 e. The largest absolute Gasteiger partial charge is 0.481 e. The lowest BCUT2D eigenvalue weighted by Crippen LogP contribution is -2.56. The molecule has 0 aromatic rings. The van der Waals surface area contributed by atoms with Crippen LogP contribution in [0.25, 0.3) is 0 Å². The highest BCUT2D eigenvalue weighted by Gasteiger charge is 2.68. The number of fused-ring (bicyclic) bond motifs is 3. The van der Waals surface area contributed by atoms with Crippen LogP contribution in [0.1, 0.15) is 58.8 Å². The van der Waals surface area contributed by atoms with Crippen LogP contribution in [0, 0.1) is 22.2 Å². The molecular formula is C20H26O4. The van der Waals surface area contributed by atoms with E-state index in [4.69, 9.17) is 0 Å². The third-order valence-electron chi connectivity index (χ3n) is 7.92. The van der Waals surface area contributed by atoms with Gasteiger partial charge in [-0.2, -0.15) is 0 Å². The summed E-state index contributed by atoms with van der Waals surface area (Å²) in [4.78, 5) is 25.1. The summed E-state index contributed by atoms with van der Waals surface area (Å²) in [5.41, 5.74) is -1.27. The number of carbonyl (C=O) groups excluding carboxylic acids is 1. The van der Waals surface area contributed by atoms with Crippen molar-refractivity contribution in [2.75, 3.05) is 0 Å². The number of hydrogen-bond acceptors (Lipinski definition) is 3. The second-order valence-electron chi connectivity index (χ2n) is 9.00. The Balaban J connectivity index is 1.86. The molecule has 2 bridgehead atoms. The Morgan fingerprint density at radius 1 is 1.29 bits per heavy atom. The van der Waals surface area contributed by atoms with Crippen LogP contribution >= 0.6 is 0 Å². The minimum atomic E-state index is -1.09. The summed E-state index contributed by atoms with van der Waals surface area (Å²) in [6, 6.07) is 0. The Morgan fingerprint density at radius 2 is 2.00 bits per heavy atom. The Bertz CT molecular complexity index is 706. The second kappa shape index (κ2) is 4.40. The third kappa shape index (κ3) is 1.58. The highest BCUT2D eigenvalue weighted by molar-refractivity contribution is 6.07. The quantitative estimate of drug-likeness (QED) is 0.572. The molecule has 0 aromatic heterocycles. The van der Waals surface area contributed by atoms with Crippen LogP contribution in [0.4, 0.5) is 0 Å². The van der Waals surface area contributed by atoms with Gasteiger partial charge in [0.05, 0.1) is 16.4 Å². The van der Waals surface area contributed by atoms with Gasteiger partial charge in [0.2, 0.25) is 0 Å². The van der Waals surface area contributed by atoms with E-state index in [1.807, 2.05) is 6.92 Å². The van der Waals surface area contributed by atoms with Crippen molar-refractivity contribution in [1.82, 2.24) is 0 Å². The molecule has 0 saturated heterocycles. The number of Topliss-reactive ketones (excluding diaryl/α,β-unsaturated/α-hetero) is 1. The number of allylic oxidation sites excluding steroid dienone is 1. The first-order valence-electron chi connectivity index (χ1n) is 9.01.